The van der Waals surface area contributed by atoms with Crippen LogP contribution in [0.4, 0.5) is 0 Å². The first kappa shape index (κ1) is 18.4. The molecule has 0 amide bonds. The smallest absolute Gasteiger partial charge is 0.200 e. The lowest BCUT2D eigenvalue weighted by Crippen LogP contribution is -1.98. The summed E-state index contributed by atoms with van der Waals surface area (Å²) in [7, 11) is 0. The minimum Gasteiger partial charge on any atom is -0.457 e. The summed E-state index contributed by atoms with van der Waals surface area (Å²) in [6.07, 6.45) is 0. The first-order valence-electron chi connectivity index (χ1n) is 9.70. The zero-order chi connectivity index (χ0) is 20.7. The van der Waals surface area contributed by atoms with Crippen LogP contribution < -0.4 is 4.74 Å². The second kappa shape index (κ2) is 7.31. The van der Waals surface area contributed by atoms with Crippen LogP contribution in [0.2, 0.25) is 0 Å². The van der Waals surface area contributed by atoms with Crippen LogP contribution in [0.3, 0.4) is 0 Å². The van der Waals surface area contributed by atoms with Gasteiger partial charge in [-0.1, -0.05) is 18.2 Å². The molecule has 6 heteroatoms. The highest BCUT2D eigenvalue weighted by Gasteiger charge is 2.13. The molecule has 0 spiro atoms. The molecule has 0 unspecified atom stereocenters. The van der Waals surface area contributed by atoms with Crippen molar-refractivity contribution in [2.24, 2.45) is 0 Å². The normalized spacial score (nSPS) is 11.1. The van der Waals surface area contributed by atoms with E-state index in [-0.39, 0.29) is 0 Å². The number of benzene rings is 3. The number of aromatic amines is 2. The lowest BCUT2D eigenvalue weighted by atomic mass is 10.1. The maximum atomic E-state index is 5.90. The highest BCUT2D eigenvalue weighted by Crippen LogP contribution is 2.29. The summed E-state index contributed by atoms with van der Waals surface area (Å²) in [6.45, 7) is 4.21. The summed E-state index contributed by atoms with van der Waals surface area (Å²) >= 11 is 5.53. The minimum absolute atomic E-state index is 0.545. The average molecular weight is 413 g/mol. The largest absolute Gasteiger partial charge is 0.457 e. The van der Waals surface area contributed by atoms with Crippen molar-refractivity contribution in [2.45, 2.75) is 13.8 Å². The lowest BCUT2D eigenvalue weighted by Gasteiger charge is -2.09. The van der Waals surface area contributed by atoms with Crippen molar-refractivity contribution >= 4 is 23.1 Å². The van der Waals surface area contributed by atoms with Crippen LogP contribution in [0, 0.1) is 18.6 Å². The number of aryl methyl sites for hydroxylation is 2. The molecule has 148 valence electrons. The van der Waals surface area contributed by atoms with Crippen LogP contribution in [0.25, 0.3) is 28.0 Å². The second-order valence-electron chi connectivity index (χ2n) is 7.23. The second-order valence-corrected chi connectivity index (χ2v) is 7.62. The molecule has 5 aromatic rings. The van der Waals surface area contributed by atoms with Crippen LogP contribution in [-0.2, 0) is 0 Å². The molecule has 0 radical (unpaired) electrons. The van der Waals surface area contributed by atoms with E-state index in [0.717, 1.165) is 34.1 Å². The van der Waals surface area contributed by atoms with Crippen molar-refractivity contribution in [1.29, 1.82) is 0 Å². The molecule has 0 atom stereocenters. The molecule has 0 saturated heterocycles. The Labute approximate surface area is 179 Å². The van der Waals surface area contributed by atoms with E-state index in [2.05, 4.69) is 47.2 Å². The Bertz CT molecular complexity index is 1400. The van der Waals surface area contributed by atoms with Crippen molar-refractivity contribution in [2.75, 3.05) is 0 Å². The number of nitrogens with zero attached hydrogens (tertiary/aromatic N) is 2. The van der Waals surface area contributed by atoms with Gasteiger partial charge in [0.1, 0.15) is 11.5 Å². The molecule has 0 saturated carbocycles. The SMILES string of the molecule is Cc1[nH]c2ccc(-c3n[nH]c(=S)n3-c3ccc(Oc4ccccc4)cc3)cc2c1C. The molecule has 5 nitrogen and oxygen atoms in total. The summed E-state index contributed by atoms with van der Waals surface area (Å²) in [5.74, 6) is 2.34. The number of aromatic nitrogens is 4. The summed E-state index contributed by atoms with van der Waals surface area (Å²) in [6, 6.07) is 23.9. The predicted octanol–water partition coefficient (Wildman–Crippen LogP) is 6.49. The molecule has 30 heavy (non-hydrogen) atoms. The molecule has 0 fully saturated rings. The van der Waals surface area contributed by atoms with Gasteiger partial charge in [-0.3, -0.25) is 9.67 Å². The first-order chi connectivity index (χ1) is 14.6. The maximum absolute atomic E-state index is 5.90. The molecule has 5 rings (SSSR count). The highest BCUT2D eigenvalue weighted by atomic mass is 32.1. The van der Waals surface area contributed by atoms with E-state index in [1.807, 2.05) is 59.2 Å². The maximum Gasteiger partial charge on any atom is 0.200 e. The monoisotopic (exact) mass is 412 g/mol. The summed E-state index contributed by atoms with van der Waals surface area (Å²) in [4.78, 5) is 3.41. The Morgan fingerprint density at radius 3 is 2.40 bits per heavy atom. The van der Waals surface area contributed by atoms with Gasteiger partial charge in [-0.2, -0.15) is 5.10 Å². The van der Waals surface area contributed by atoms with E-state index in [9.17, 15) is 0 Å². The fraction of sp³-hybridized carbons (Fsp3) is 0.0833. The molecule has 2 heterocycles. The van der Waals surface area contributed by atoms with E-state index >= 15 is 0 Å². The molecule has 0 aliphatic carbocycles. The van der Waals surface area contributed by atoms with E-state index in [4.69, 9.17) is 17.0 Å². The minimum atomic E-state index is 0.545. The summed E-state index contributed by atoms with van der Waals surface area (Å²) in [5, 5.41) is 8.63. The average Bonchev–Trinajstić information content (AvgIpc) is 3.29. The molecule has 2 aromatic heterocycles. The van der Waals surface area contributed by atoms with Gasteiger partial charge in [-0.05, 0) is 86.2 Å². The third-order valence-corrected chi connectivity index (χ3v) is 5.59. The number of hydrogen-bond acceptors (Lipinski definition) is 3. The number of hydrogen-bond donors (Lipinski definition) is 2. The Hall–Kier alpha value is -3.64. The molecular formula is C24H20N4OS. The molecule has 0 aliphatic rings. The Morgan fingerprint density at radius 1 is 0.900 bits per heavy atom. The van der Waals surface area contributed by atoms with Crippen molar-refractivity contribution < 1.29 is 4.74 Å². The van der Waals surface area contributed by atoms with Gasteiger partial charge in [0.15, 0.2) is 10.6 Å². The van der Waals surface area contributed by atoms with E-state index in [0.29, 0.717) is 4.77 Å². The lowest BCUT2D eigenvalue weighted by molar-refractivity contribution is 0.482. The molecule has 0 aliphatic heterocycles. The third kappa shape index (κ3) is 3.21. The van der Waals surface area contributed by atoms with Crippen LogP contribution in [0.5, 0.6) is 11.5 Å². The van der Waals surface area contributed by atoms with Gasteiger partial charge in [-0.15, -0.1) is 0 Å². The van der Waals surface area contributed by atoms with Gasteiger partial charge < -0.3 is 9.72 Å². The topological polar surface area (TPSA) is 58.6 Å². The number of rotatable bonds is 4. The number of ether oxygens (including phenoxy) is 1. The zero-order valence-electron chi connectivity index (χ0n) is 16.6. The van der Waals surface area contributed by atoms with Crippen LogP contribution >= 0.6 is 12.2 Å². The number of para-hydroxylation sites is 1. The quantitative estimate of drug-likeness (QED) is 0.332. The van der Waals surface area contributed by atoms with Crippen LogP contribution in [0.1, 0.15) is 11.3 Å². The first-order valence-corrected chi connectivity index (χ1v) is 10.1. The van der Waals surface area contributed by atoms with E-state index < -0.39 is 0 Å². The van der Waals surface area contributed by atoms with E-state index in [1.165, 1.54) is 16.6 Å². The molecule has 0 bridgehead atoms. The summed E-state index contributed by atoms with van der Waals surface area (Å²) in [5.41, 5.74) is 5.47. The van der Waals surface area contributed by atoms with Crippen molar-refractivity contribution in [1.82, 2.24) is 19.7 Å². The van der Waals surface area contributed by atoms with Crippen molar-refractivity contribution in [3.63, 3.8) is 0 Å². The van der Waals surface area contributed by atoms with Gasteiger partial charge in [0.25, 0.3) is 0 Å². The third-order valence-electron chi connectivity index (χ3n) is 5.31. The van der Waals surface area contributed by atoms with Gasteiger partial charge >= 0.3 is 0 Å². The fourth-order valence-electron chi connectivity index (χ4n) is 3.62. The molecular weight excluding hydrogens is 392 g/mol. The van der Waals surface area contributed by atoms with Gasteiger partial charge in [-0.25, -0.2) is 0 Å². The predicted molar refractivity (Wildman–Crippen MR) is 122 cm³/mol. The molecule has 2 N–H and O–H groups in total. The number of nitrogens with one attached hydrogen (secondary N) is 2. The number of fused-ring (bicyclic) bond motifs is 1. The van der Waals surface area contributed by atoms with Crippen LogP contribution in [0.15, 0.2) is 72.8 Å². The standard InChI is InChI=1S/C24H20N4OS/c1-15-16(2)25-22-13-8-17(14-21(15)22)23-26-27-24(30)28(23)18-9-11-20(12-10-18)29-19-6-4-3-5-7-19/h3-14,25H,1-2H3,(H,27,30). The van der Waals surface area contributed by atoms with Crippen LogP contribution in [-0.4, -0.2) is 19.7 Å². The number of H-pyrrole nitrogens is 2. The highest BCUT2D eigenvalue weighted by molar-refractivity contribution is 7.71. The Balaban J connectivity index is 1.53. The van der Waals surface area contributed by atoms with Gasteiger partial charge in [0.2, 0.25) is 0 Å². The molecule has 3 aromatic carbocycles. The zero-order valence-corrected chi connectivity index (χ0v) is 17.5. The Kier molecular flexibility index (Phi) is 4.48. The van der Waals surface area contributed by atoms with Gasteiger partial charge in [0, 0.05) is 22.2 Å². The Morgan fingerprint density at radius 2 is 1.63 bits per heavy atom. The van der Waals surface area contributed by atoms with Crippen molar-refractivity contribution in [3.05, 3.63) is 88.8 Å². The summed E-state index contributed by atoms with van der Waals surface area (Å²) < 4.78 is 8.38. The van der Waals surface area contributed by atoms with Crippen molar-refractivity contribution in [3.8, 4) is 28.6 Å². The van der Waals surface area contributed by atoms with Gasteiger partial charge in [0.05, 0.1) is 5.69 Å². The van der Waals surface area contributed by atoms with E-state index in [1.54, 1.807) is 0 Å². The fourth-order valence-corrected chi connectivity index (χ4v) is 3.86.